The van der Waals surface area contributed by atoms with Gasteiger partial charge in [-0.05, 0) is 23.8 Å². The zero-order valence-corrected chi connectivity index (χ0v) is 17.2. The molecule has 0 spiro atoms. The van der Waals surface area contributed by atoms with Crippen molar-refractivity contribution < 1.29 is 43.9 Å². The van der Waals surface area contributed by atoms with Crippen LogP contribution in [0, 0.1) is 62.5 Å². The van der Waals surface area contributed by atoms with Gasteiger partial charge in [-0.25, -0.2) is 4.39 Å². The molecule has 15 heteroatoms. The van der Waals surface area contributed by atoms with E-state index in [-0.39, 0.29) is 18.2 Å². The first kappa shape index (κ1) is 28.2. The van der Waals surface area contributed by atoms with Crippen molar-refractivity contribution in [1.82, 2.24) is 0 Å². The van der Waals surface area contributed by atoms with Crippen LogP contribution in [0.25, 0.3) is 11.1 Å². The molecule has 2 rings (SSSR count). The minimum atomic E-state index is -5.76. The summed E-state index contributed by atoms with van der Waals surface area (Å²) in [7, 11) is 0. The van der Waals surface area contributed by atoms with Crippen molar-refractivity contribution in [3.05, 3.63) is 67.8 Å². The van der Waals surface area contributed by atoms with Gasteiger partial charge < -0.3 is 0 Å². The number of nitrogens with zero attached hydrogens (tertiary/aromatic N) is 5. The molecule has 0 aliphatic heterocycles. The normalized spacial score (nSPS) is 12.4. The zero-order valence-electron chi connectivity index (χ0n) is 17.2. The van der Waals surface area contributed by atoms with Gasteiger partial charge in [0.1, 0.15) is 41.7 Å². The Bertz CT molecular complexity index is 1590. The van der Waals surface area contributed by atoms with Crippen LogP contribution in [0.3, 0.4) is 0 Å². The maximum atomic E-state index is 15.0. The van der Waals surface area contributed by atoms with Gasteiger partial charge in [0.15, 0.2) is 0 Å². The molecule has 0 saturated heterocycles. The Morgan fingerprint density at radius 1 is 0.622 bits per heavy atom. The highest BCUT2D eigenvalue weighted by molar-refractivity contribution is 5.80. The highest BCUT2D eigenvalue weighted by Gasteiger charge is 2.43. The molecule has 0 aliphatic carbocycles. The van der Waals surface area contributed by atoms with Gasteiger partial charge in [0.25, 0.3) is 0 Å². The Hall–Kier alpha value is -5.07. The number of halogens is 10. The largest absolute Gasteiger partial charge is 0.418 e. The standard InChI is InChI=1S/C22H3F10N5/c23-17-3-11(10(4-33)5-34)13(7-36)19(22(30,31)32)18(17)12(6-35)9-1-15(20(24,25)26)14(8-37)16(2-9)21(27,28)29/h1-3H/b18-12-. The minimum Gasteiger partial charge on any atom is -0.206 e. The van der Waals surface area contributed by atoms with Gasteiger partial charge in [0.05, 0.1) is 33.4 Å². The lowest BCUT2D eigenvalue weighted by Gasteiger charge is -2.17. The number of rotatable bonds is 1. The first-order valence-electron chi connectivity index (χ1n) is 8.99. The van der Waals surface area contributed by atoms with Crippen LogP contribution in [0.1, 0.15) is 33.4 Å². The molecule has 2 aromatic carbocycles. The molecule has 0 aliphatic rings. The lowest BCUT2D eigenvalue weighted by molar-refractivity contribution is -0.143. The highest BCUT2D eigenvalue weighted by Crippen LogP contribution is 2.41. The molecule has 37 heavy (non-hydrogen) atoms. The smallest absolute Gasteiger partial charge is 0.206 e. The van der Waals surface area contributed by atoms with Crippen LogP contribution in [-0.2, 0) is 18.5 Å². The molecule has 0 amide bonds. The first-order chi connectivity index (χ1) is 17.0. The summed E-state index contributed by atoms with van der Waals surface area (Å²) in [5.74, 6) is -2.09. The molecule has 2 aromatic rings. The van der Waals surface area contributed by atoms with Crippen LogP contribution in [0.5, 0.6) is 0 Å². The van der Waals surface area contributed by atoms with E-state index in [1.165, 1.54) is 0 Å². The van der Waals surface area contributed by atoms with Crippen LogP contribution >= 0.6 is 0 Å². The van der Waals surface area contributed by atoms with Crippen molar-refractivity contribution in [2.24, 2.45) is 0 Å². The molecular formula is C22H3F10N5. The van der Waals surface area contributed by atoms with Gasteiger partial charge in [-0.3, -0.25) is 0 Å². The van der Waals surface area contributed by atoms with Gasteiger partial charge in [-0.1, -0.05) is 0 Å². The lowest BCUT2D eigenvalue weighted by atomic mass is 9.90. The molecular weight excluding hydrogens is 524 g/mol. The van der Waals surface area contributed by atoms with E-state index < -0.39 is 79.3 Å². The molecule has 0 unspecified atom stereocenters. The monoisotopic (exact) mass is 527 g/mol. The summed E-state index contributed by atoms with van der Waals surface area (Å²) in [6, 6.07) is 4.40. The molecule has 186 valence electrons. The topological polar surface area (TPSA) is 119 Å². The molecule has 0 aromatic heterocycles. The summed E-state index contributed by atoms with van der Waals surface area (Å²) < 4.78 is 138. The van der Waals surface area contributed by atoms with Gasteiger partial charge in [0.2, 0.25) is 0 Å². The number of hydrogen-bond acceptors (Lipinski definition) is 5. The summed E-state index contributed by atoms with van der Waals surface area (Å²) in [5, 5.41) is 42.4. The molecule has 0 heterocycles. The third-order valence-electron chi connectivity index (χ3n) is 4.68. The van der Waals surface area contributed by atoms with Gasteiger partial charge >= 0.3 is 18.5 Å². The molecule has 0 radical (unpaired) electrons. The SMILES string of the molecule is N#CC(C#N)=c1cc(F)/c(=C(\C#N)c2cc(C(F)(F)F)c(C#N)c(C(F)(F)F)c2)c(C(F)(F)F)c1C#N. The van der Waals surface area contributed by atoms with Crippen molar-refractivity contribution in [3.8, 4) is 30.3 Å². The summed E-state index contributed by atoms with van der Waals surface area (Å²) >= 11 is 0. The van der Waals surface area contributed by atoms with E-state index in [2.05, 4.69) is 0 Å². The predicted molar refractivity (Wildman–Crippen MR) is 99.3 cm³/mol. The molecule has 0 bridgehead atoms. The van der Waals surface area contributed by atoms with Crippen molar-refractivity contribution in [2.75, 3.05) is 0 Å². The number of hydrogen-bond donors (Lipinski definition) is 0. The van der Waals surface area contributed by atoms with Gasteiger partial charge in [-0.2, -0.15) is 65.8 Å². The number of benzene rings is 2. The van der Waals surface area contributed by atoms with E-state index in [1.807, 2.05) is 0 Å². The molecule has 5 nitrogen and oxygen atoms in total. The second-order valence-corrected chi connectivity index (χ2v) is 6.78. The maximum absolute atomic E-state index is 15.0. The van der Waals surface area contributed by atoms with Crippen LogP contribution in [0.15, 0.2) is 18.2 Å². The van der Waals surface area contributed by atoms with Crippen molar-refractivity contribution in [2.45, 2.75) is 18.5 Å². The molecule has 0 fully saturated rings. The van der Waals surface area contributed by atoms with Crippen molar-refractivity contribution >= 4 is 11.1 Å². The summed E-state index contributed by atoms with van der Waals surface area (Å²) in [5.41, 5.74) is -14.8. The average Bonchev–Trinajstić information content (AvgIpc) is 2.78. The summed E-state index contributed by atoms with van der Waals surface area (Å²) in [6.45, 7) is 0. The number of nitriles is 5. The second-order valence-electron chi connectivity index (χ2n) is 6.78. The third kappa shape index (κ3) is 5.15. The van der Waals surface area contributed by atoms with Crippen molar-refractivity contribution in [3.63, 3.8) is 0 Å². The third-order valence-corrected chi connectivity index (χ3v) is 4.68. The van der Waals surface area contributed by atoms with E-state index >= 15 is 4.39 Å². The highest BCUT2D eigenvalue weighted by atomic mass is 19.4. The van der Waals surface area contributed by atoms with E-state index in [0.717, 1.165) is 24.3 Å². The van der Waals surface area contributed by atoms with Gasteiger partial charge in [-0.15, -0.1) is 0 Å². The van der Waals surface area contributed by atoms with Crippen LogP contribution in [-0.4, -0.2) is 0 Å². The zero-order chi connectivity index (χ0) is 28.5. The molecule has 0 saturated carbocycles. The lowest BCUT2D eigenvalue weighted by Crippen LogP contribution is -2.32. The first-order valence-corrected chi connectivity index (χ1v) is 8.99. The maximum Gasteiger partial charge on any atom is 0.418 e. The average molecular weight is 527 g/mol. The fraction of sp³-hybridized carbons (Fsp3) is 0.136. The number of alkyl halides is 9. The second kappa shape index (κ2) is 9.53. The summed E-state index contributed by atoms with van der Waals surface area (Å²) in [4.78, 5) is 0. The van der Waals surface area contributed by atoms with E-state index in [4.69, 9.17) is 15.8 Å². The molecule has 0 N–H and O–H groups in total. The predicted octanol–water partition coefficient (Wildman–Crippen LogP) is 4.55. The van der Waals surface area contributed by atoms with E-state index in [9.17, 15) is 50.0 Å². The quantitative estimate of drug-likeness (QED) is 0.505. The van der Waals surface area contributed by atoms with Crippen LogP contribution in [0.2, 0.25) is 0 Å². The minimum absolute atomic E-state index is 0.0429. The Morgan fingerprint density at radius 3 is 1.41 bits per heavy atom. The van der Waals surface area contributed by atoms with Crippen LogP contribution in [0.4, 0.5) is 43.9 Å². The Balaban J connectivity index is 3.44. The molecule has 0 atom stereocenters. The Kier molecular flexibility index (Phi) is 7.25. The van der Waals surface area contributed by atoms with Gasteiger partial charge in [0, 0.05) is 10.4 Å². The Morgan fingerprint density at radius 2 is 1.08 bits per heavy atom. The fourth-order valence-electron chi connectivity index (χ4n) is 3.26. The van der Waals surface area contributed by atoms with Crippen LogP contribution < -0.4 is 10.4 Å². The summed E-state index contributed by atoms with van der Waals surface area (Å²) in [6.07, 6.45) is -17.1. The fourth-order valence-corrected chi connectivity index (χ4v) is 3.26. The van der Waals surface area contributed by atoms with E-state index in [0.29, 0.717) is 6.07 Å². The van der Waals surface area contributed by atoms with Crippen molar-refractivity contribution in [1.29, 1.82) is 26.3 Å². The van der Waals surface area contributed by atoms with E-state index in [1.54, 1.807) is 0 Å². The Labute approximate surface area is 198 Å².